The maximum Gasteiger partial charge on any atom is 0.123 e. The zero-order valence-corrected chi connectivity index (χ0v) is 13.1. The van der Waals surface area contributed by atoms with E-state index in [2.05, 4.69) is 13.8 Å². The zero-order valence-electron chi connectivity index (χ0n) is 13.1. The Balaban J connectivity index is 1.72. The standard InChI is InChI=1S/C19H29F/c1-3-4-16-5-7-17(8-6-16)13-15(2)14-18-9-11-19(20)12-10-18/h9-12,15-17H,3-8,13-14H2,1-2H3. The molecule has 0 heterocycles. The summed E-state index contributed by atoms with van der Waals surface area (Å²) < 4.78 is 12.9. The van der Waals surface area contributed by atoms with Crippen LogP contribution in [0.1, 0.15) is 64.4 Å². The first kappa shape index (κ1) is 15.5. The van der Waals surface area contributed by atoms with Gasteiger partial charge in [0, 0.05) is 0 Å². The third kappa shape index (κ3) is 4.92. The molecule has 0 N–H and O–H groups in total. The minimum absolute atomic E-state index is 0.129. The number of rotatable bonds is 6. The van der Waals surface area contributed by atoms with Gasteiger partial charge in [0.2, 0.25) is 0 Å². The largest absolute Gasteiger partial charge is 0.207 e. The summed E-state index contributed by atoms with van der Waals surface area (Å²) in [5, 5.41) is 0. The van der Waals surface area contributed by atoms with Crippen LogP contribution in [0.5, 0.6) is 0 Å². The molecule has 0 spiro atoms. The van der Waals surface area contributed by atoms with Crippen molar-refractivity contribution in [2.75, 3.05) is 0 Å². The van der Waals surface area contributed by atoms with E-state index in [1.165, 1.54) is 50.5 Å². The van der Waals surface area contributed by atoms with Crippen LogP contribution in [0.25, 0.3) is 0 Å². The molecular weight excluding hydrogens is 247 g/mol. The molecule has 1 fully saturated rings. The van der Waals surface area contributed by atoms with Crippen LogP contribution in [0.3, 0.4) is 0 Å². The average Bonchev–Trinajstić information content (AvgIpc) is 2.44. The smallest absolute Gasteiger partial charge is 0.123 e. The van der Waals surface area contributed by atoms with E-state index in [1.807, 2.05) is 12.1 Å². The van der Waals surface area contributed by atoms with Crippen molar-refractivity contribution in [2.24, 2.45) is 17.8 Å². The van der Waals surface area contributed by atoms with Crippen molar-refractivity contribution in [3.63, 3.8) is 0 Å². The lowest BCUT2D eigenvalue weighted by Gasteiger charge is -2.30. The van der Waals surface area contributed by atoms with E-state index in [0.29, 0.717) is 5.92 Å². The maximum absolute atomic E-state index is 12.9. The fourth-order valence-corrected chi connectivity index (χ4v) is 3.84. The minimum Gasteiger partial charge on any atom is -0.207 e. The van der Waals surface area contributed by atoms with Gasteiger partial charge in [-0.1, -0.05) is 64.5 Å². The van der Waals surface area contributed by atoms with E-state index >= 15 is 0 Å². The molecule has 0 aromatic heterocycles. The minimum atomic E-state index is -0.129. The number of benzene rings is 1. The zero-order chi connectivity index (χ0) is 14.4. The summed E-state index contributed by atoms with van der Waals surface area (Å²) in [6.45, 7) is 4.65. The number of hydrogen-bond acceptors (Lipinski definition) is 0. The van der Waals surface area contributed by atoms with Crippen LogP contribution in [0.15, 0.2) is 24.3 Å². The topological polar surface area (TPSA) is 0 Å². The van der Waals surface area contributed by atoms with Crippen molar-refractivity contribution in [1.29, 1.82) is 0 Å². The fourth-order valence-electron chi connectivity index (χ4n) is 3.84. The van der Waals surface area contributed by atoms with Gasteiger partial charge in [-0.15, -0.1) is 0 Å². The summed E-state index contributed by atoms with van der Waals surface area (Å²) in [4.78, 5) is 0. The maximum atomic E-state index is 12.9. The van der Waals surface area contributed by atoms with Gasteiger partial charge in [-0.2, -0.15) is 0 Å². The fraction of sp³-hybridized carbons (Fsp3) is 0.684. The summed E-state index contributed by atoms with van der Waals surface area (Å²) in [7, 11) is 0. The second kappa shape index (κ2) is 7.81. The van der Waals surface area contributed by atoms with Crippen molar-refractivity contribution in [3.8, 4) is 0 Å². The molecular formula is C19H29F. The Kier molecular flexibility index (Phi) is 6.06. The highest BCUT2D eigenvalue weighted by molar-refractivity contribution is 5.16. The highest BCUT2D eigenvalue weighted by Gasteiger charge is 2.22. The SMILES string of the molecule is CCCC1CCC(CC(C)Cc2ccc(F)cc2)CC1. The molecule has 1 atom stereocenters. The first-order chi connectivity index (χ1) is 9.67. The van der Waals surface area contributed by atoms with Gasteiger partial charge in [-0.25, -0.2) is 4.39 Å². The quantitative estimate of drug-likeness (QED) is 0.597. The summed E-state index contributed by atoms with van der Waals surface area (Å²) in [5.41, 5.74) is 1.28. The van der Waals surface area contributed by atoms with Gasteiger partial charge in [0.1, 0.15) is 5.82 Å². The van der Waals surface area contributed by atoms with Crippen LogP contribution in [0.4, 0.5) is 4.39 Å². The summed E-state index contributed by atoms with van der Waals surface area (Å²) in [5.74, 6) is 2.52. The van der Waals surface area contributed by atoms with E-state index in [-0.39, 0.29) is 5.82 Å². The predicted molar refractivity (Wildman–Crippen MR) is 84.2 cm³/mol. The molecule has 0 radical (unpaired) electrons. The van der Waals surface area contributed by atoms with E-state index in [0.717, 1.165) is 18.3 Å². The highest BCUT2D eigenvalue weighted by Crippen LogP contribution is 2.35. The van der Waals surface area contributed by atoms with E-state index in [1.54, 1.807) is 12.1 Å². The van der Waals surface area contributed by atoms with Crippen LogP contribution >= 0.6 is 0 Å². The lowest BCUT2D eigenvalue weighted by Crippen LogP contribution is -2.17. The normalized spacial score (nSPS) is 24.6. The van der Waals surface area contributed by atoms with Crippen molar-refractivity contribution in [1.82, 2.24) is 0 Å². The van der Waals surface area contributed by atoms with Gasteiger partial charge in [0.15, 0.2) is 0 Å². The Morgan fingerprint density at radius 3 is 2.25 bits per heavy atom. The van der Waals surface area contributed by atoms with Gasteiger partial charge < -0.3 is 0 Å². The summed E-state index contributed by atoms with van der Waals surface area (Å²) >= 11 is 0. The third-order valence-corrected chi connectivity index (χ3v) is 4.90. The average molecular weight is 276 g/mol. The van der Waals surface area contributed by atoms with Crippen LogP contribution in [-0.4, -0.2) is 0 Å². The molecule has 112 valence electrons. The van der Waals surface area contributed by atoms with Crippen molar-refractivity contribution in [3.05, 3.63) is 35.6 Å². The van der Waals surface area contributed by atoms with Gasteiger partial charge in [0.25, 0.3) is 0 Å². The Bertz CT molecular complexity index is 373. The van der Waals surface area contributed by atoms with Gasteiger partial charge in [-0.3, -0.25) is 0 Å². The van der Waals surface area contributed by atoms with E-state index < -0.39 is 0 Å². The number of hydrogen-bond donors (Lipinski definition) is 0. The molecule has 0 amide bonds. The van der Waals surface area contributed by atoms with Gasteiger partial charge in [0.05, 0.1) is 0 Å². The molecule has 1 saturated carbocycles. The van der Waals surface area contributed by atoms with Gasteiger partial charge in [-0.05, 0) is 48.3 Å². The lowest BCUT2D eigenvalue weighted by molar-refractivity contribution is 0.231. The first-order valence-corrected chi connectivity index (χ1v) is 8.41. The molecule has 0 bridgehead atoms. The molecule has 0 nitrogen and oxygen atoms in total. The molecule has 0 saturated heterocycles. The van der Waals surface area contributed by atoms with Crippen molar-refractivity contribution < 1.29 is 4.39 Å². The van der Waals surface area contributed by atoms with Crippen molar-refractivity contribution >= 4 is 0 Å². The molecule has 20 heavy (non-hydrogen) atoms. The second-order valence-corrected chi connectivity index (χ2v) is 6.85. The summed E-state index contributed by atoms with van der Waals surface area (Å²) in [6.07, 6.45) is 11.0. The third-order valence-electron chi connectivity index (χ3n) is 4.90. The molecule has 1 aliphatic carbocycles. The van der Waals surface area contributed by atoms with Crippen molar-refractivity contribution in [2.45, 2.75) is 65.2 Å². The van der Waals surface area contributed by atoms with Crippen LogP contribution in [0.2, 0.25) is 0 Å². The van der Waals surface area contributed by atoms with Crippen LogP contribution in [-0.2, 0) is 6.42 Å². The van der Waals surface area contributed by atoms with Gasteiger partial charge >= 0.3 is 0 Å². The van der Waals surface area contributed by atoms with Crippen LogP contribution in [0, 0.1) is 23.6 Å². The summed E-state index contributed by atoms with van der Waals surface area (Å²) in [6, 6.07) is 7.03. The molecule has 0 aliphatic heterocycles. The first-order valence-electron chi connectivity index (χ1n) is 8.41. The molecule has 2 rings (SSSR count). The van der Waals surface area contributed by atoms with Crippen LogP contribution < -0.4 is 0 Å². The molecule has 1 heteroatoms. The van der Waals surface area contributed by atoms with E-state index in [4.69, 9.17) is 0 Å². The highest BCUT2D eigenvalue weighted by atomic mass is 19.1. The lowest BCUT2D eigenvalue weighted by atomic mass is 9.76. The second-order valence-electron chi connectivity index (χ2n) is 6.85. The molecule has 1 aromatic rings. The Labute approximate surface area is 123 Å². The number of halogens is 1. The Morgan fingerprint density at radius 1 is 1.05 bits per heavy atom. The molecule has 1 aromatic carbocycles. The van der Waals surface area contributed by atoms with E-state index in [9.17, 15) is 4.39 Å². The molecule has 1 aliphatic rings. The Morgan fingerprint density at radius 2 is 1.65 bits per heavy atom. The monoisotopic (exact) mass is 276 g/mol. The molecule has 1 unspecified atom stereocenters. The predicted octanol–water partition coefficient (Wildman–Crippen LogP) is 6.00. The Hall–Kier alpha value is -0.850.